The molecule has 0 spiro atoms. The molecule has 0 radical (unpaired) electrons. The van der Waals surface area contributed by atoms with Crippen molar-refractivity contribution >= 4 is 5.69 Å². The van der Waals surface area contributed by atoms with Crippen molar-refractivity contribution < 1.29 is 0 Å². The lowest BCUT2D eigenvalue weighted by Crippen LogP contribution is -2.47. The van der Waals surface area contributed by atoms with Crippen LogP contribution in [0.25, 0.3) is 0 Å². The molecule has 2 unspecified atom stereocenters. The summed E-state index contributed by atoms with van der Waals surface area (Å²) in [4.78, 5) is 2.59. The number of piperidine rings is 1. The van der Waals surface area contributed by atoms with Crippen LogP contribution in [-0.4, -0.2) is 25.2 Å². The number of rotatable bonds is 4. The third kappa shape index (κ3) is 2.86. The lowest BCUT2D eigenvalue weighted by molar-refractivity contribution is 0.373. The first kappa shape index (κ1) is 13.4. The van der Waals surface area contributed by atoms with E-state index in [9.17, 15) is 0 Å². The standard InChI is InChI=1S/C16H26N2/c1-4-14-8-6-7-9-16(14)18-11-10-15(17-5-2)12-13(18)3/h6-9,13,15,17H,4-5,10-12H2,1-3H3. The van der Waals surface area contributed by atoms with Gasteiger partial charge in [-0.2, -0.15) is 0 Å². The second-order valence-corrected chi connectivity index (χ2v) is 5.30. The maximum atomic E-state index is 3.59. The van der Waals surface area contributed by atoms with Crippen LogP contribution in [0.2, 0.25) is 0 Å². The predicted molar refractivity (Wildman–Crippen MR) is 79.3 cm³/mol. The molecule has 1 heterocycles. The first-order chi connectivity index (χ1) is 8.76. The molecule has 0 aromatic heterocycles. The van der Waals surface area contributed by atoms with Crippen molar-refractivity contribution in [3.05, 3.63) is 29.8 Å². The SMILES string of the molecule is CCNC1CCN(c2ccccc2CC)C(C)C1. The van der Waals surface area contributed by atoms with Gasteiger partial charge in [-0.25, -0.2) is 0 Å². The molecule has 2 heteroatoms. The summed E-state index contributed by atoms with van der Waals surface area (Å²) in [6.45, 7) is 9.06. The van der Waals surface area contributed by atoms with Crippen LogP contribution in [-0.2, 0) is 6.42 Å². The summed E-state index contributed by atoms with van der Waals surface area (Å²) in [6.07, 6.45) is 3.64. The van der Waals surface area contributed by atoms with Crippen LogP contribution in [0, 0.1) is 0 Å². The third-order valence-electron chi connectivity index (χ3n) is 4.05. The number of benzene rings is 1. The number of hydrogen-bond acceptors (Lipinski definition) is 2. The number of hydrogen-bond donors (Lipinski definition) is 1. The third-order valence-corrected chi connectivity index (χ3v) is 4.05. The number of anilines is 1. The Kier molecular flexibility index (Phi) is 4.65. The van der Waals surface area contributed by atoms with Gasteiger partial charge in [0.05, 0.1) is 0 Å². The van der Waals surface area contributed by atoms with E-state index >= 15 is 0 Å². The summed E-state index contributed by atoms with van der Waals surface area (Å²) in [5, 5.41) is 3.59. The van der Waals surface area contributed by atoms with E-state index in [-0.39, 0.29) is 0 Å². The van der Waals surface area contributed by atoms with Gasteiger partial charge in [-0.1, -0.05) is 32.0 Å². The Hall–Kier alpha value is -1.02. The van der Waals surface area contributed by atoms with Crippen molar-refractivity contribution in [2.45, 2.75) is 52.1 Å². The van der Waals surface area contributed by atoms with E-state index < -0.39 is 0 Å². The summed E-state index contributed by atoms with van der Waals surface area (Å²) in [7, 11) is 0. The Labute approximate surface area is 111 Å². The van der Waals surface area contributed by atoms with Gasteiger partial charge >= 0.3 is 0 Å². The van der Waals surface area contributed by atoms with Crippen LogP contribution in [0.5, 0.6) is 0 Å². The van der Waals surface area contributed by atoms with Gasteiger partial charge in [-0.05, 0) is 44.4 Å². The van der Waals surface area contributed by atoms with E-state index in [0.29, 0.717) is 12.1 Å². The largest absolute Gasteiger partial charge is 0.368 e. The van der Waals surface area contributed by atoms with Crippen LogP contribution >= 0.6 is 0 Å². The molecular weight excluding hydrogens is 220 g/mol. The minimum absolute atomic E-state index is 0.635. The molecule has 2 atom stereocenters. The fraction of sp³-hybridized carbons (Fsp3) is 0.625. The fourth-order valence-electron chi connectivity index (χ4n) is 3.09. The summed E-state index contributed by atoms with van der Waals surface area (Å²) >= 11 is 0. The Morgan fingerprint density at radius 1 is 1.28 bits per heavy atom. The van der Waals surface area contributed by atoms with Gasteiger partial charge in [0.1, 0.15) is 0 Å². The van der Waals surface area contributed by atoms with Gasteiger partial charge in [0, 0.05) is 24.3 Å². The van der Waals surface area contributed by atoms with E-state index in [1.54, 1.807) is 0 Å². The molecule has 2 nitrogen and oxygen atoms in total. The van der Waals surface area contributed by atoms with Gasteiger partial charge in [-0.15, -0.1) is 0 Å². The molecule has 1 aliphatic heterocycles. The summed E-state index contributed by atoms with van der Waals surface area (Å²) in [6, 6.07) is 10.2. The molecule has 1 aliphatic rings. The second kappa shape index (κ2) is 6.24. The average molecular weight is 246 g/mol. The zero-order chi connectivity index (χ0) is 13.0. The summed E-state index contributed by atoms with van der Waals surface area (Å²) < 4.78 is 0. The molecule has 1 aromatic rings. The van der Waals surface area contributed by atoms with Crippen molar-refractivity contribution in [2.24, 2.45) is 0 Å². The summed E-state index contributed by atoms with van der Waals surface area (Å²) in [5.74, 6) is 0. The Bertz CT molecular complexity index is 375. The topological polar surface area (TPSA) is 15.3 Å². The van der Waals surface area contributed by atoms with Crippen molar-refractivity contribution in [1.82, 2.24) is 5.32 Å². The molecule has 1 aromatic carbocycles. The molecule has 1 N–H and O–H groups in total. The smallest absolute Gasteiger partial charge is 0.0401 e. The van der Waals surface area contributed by atoms with E-state index in [1.165, 1.54) is 30.6 Å². The molecule has 1 fully saturated rings. The molecule has 18 heavy (non-hydrogen) atoms. The zero-order valence-corrected chi connectivity index (χ0v) is 11.9. The number of nitrogens with zero attached hydrogens (tertiary/aromatic N) is 1. The predicted octanol–water partition coefficient (Wildman–Crippen LogP) is 3.22. The van der Waals surface area contributed by atoms with Crippen molar-refractivity contribution in [2.75, 3.05) is 18.0 Å². The van der Waals surface area contributed by atoms with Crippen molar-refractivity contribution in [3.8, 4) is 0 Å². The maximum Gasteiger partial charge on any atom is 0.0401 e. The van der Waals surface area contributed by atoms with Gasteiger partial charge in [0.15, 0.2) is 0 Å². The molecule has 100 valence electrons. The van der Waals surface area contributed by atoms with Crippen molar-refractivity contribution in [3.63, 3.8) is 0 Å². The molecule has 0 amide bonds. The number of para-hydroxylation sites is 1. The molecule has 0 saturated carbocycles. The minimum atomic E-state index is 0.635. The Morgan fingerprint density at radius 3 is 2.72 bits per heavy atom. The molecule has 2 rings (SSSR count). The highest BCUT2D eigenvalue weighted by Crippen LogP contribution is 2.28. The van der Waals surface area contributed by atoms with Gasteiger partial charge in [-0.3, -0.25) is 0 Å². The number of nitrogens with one attached hydrogen (secondary N) is 1. The first-order valence-electron chi connectivity index (χ1n) is 7.34. The summed E-state index contributed by atoms with van der Waals surface area (Å²) in [5.41, 5.74) is 2.92. The van der Waals surface area contributed by atoms with Gasteiger partial charge < -0.3 is 10.2 Å². The van der Waals surface area contributed by atoms with Crippen LogP contribution in [0.1, 0.15) is 39.2 Å². The number of aryl methyl sites for hydroxylation is 1. The van der Waals surface area contributed by atoms with Crippen LogP contribution < -0.4 is 10.2 Å². The lowest BCUT2D eigenvalue weighted by Gasteiger charge is -2.40. The second-order valence-electron chi connectivity index (χ2n) is 5.30. The van der Waals surface area contributed by atoms with Crippen LogP contribution in [0.4, 0.5) is 5.69 Å². The lowest BCUT2D eigenvalue weighted by atomic mass is 9.96. The molecular formula is C16H26N2. The van der Waals surface area contributed by atoms with E-state index in [2.05, 4.69) is 55.3 Å². The van der Waals surface area contributed by atoms with Gasteiger partial charge in [0.25, 0.3) is 0 Å². The highest BCUT2D eigenvalue weighted by Gasteiger charge is 2.25. The minimum Gasteiger partial charge on any atom is -0.368 e. The fourth-order valence-corrected chi connectivity index (χ4v) is 3.09. The zero-order valence-electron chi connectivity index (χ0n) is 11.9. The Morgan fingerprint density at radius 2 is 2.06 bits per heavy atom. The molecule has 0 bridgehead atoms. The monoisotopic (exact) mass is 246 g/mol. The van der Waals surface area contributed by atoms with E-state index in [1.807, 2.05) is 0 Å². The van der Waals surface area contributed by atoms with E-state index in [4.69, 9.17) is 0 Å². The van der Waals surface area contributed by atoms with Crippen LogP contribution in [0.3, 0.4) is 0 Å². The van der Waals surface area contributed by atoms with Gasteiger partial charge in [0.2, 0.25) is 0 Å². The first-order valence-corrected chi connectivity index (χ1v) is 7.34. The van der Waals surface area contributed by atoms with E-state index in [0.717, 1.165) is 13.0 Å². The normalized spacial score (nSPS) is 24.3. The quantitative estimate of drug-likeness (QED) is 0.877. The maximum absolute atomic E-state index is 3.59. The molecule has 1 saturated heterocycles. The Balaban J connectivity index is 2.10. The highest BCUT2D eigenvalue weighted by molar-refractivity contribution is 5.54. The van der Waals surface area contributed by atoms with Crippen LogP contribution in [0.15, 0.2) is 24.3 Å². The average Bonchev–Trinajstić information content (AvgIpc) is 2.39. The highest BCUT2D eigenvalue weighted by atomic mass is 15.2. The molecule has 0 aliphatic carbocycles. The van der Waals surface area contributed by atoms with Crippen molar-refractivity contribution in [1.29, 1.82) is 0 Å².